The normalized spacial score (nSPS) is 18.2. The minimum atomic E-state index is 0.539. The second kappa shape index (κ2) is 1.46. The van der Waals surface area contributed by atoms with Gasteiger partial charge in [-0.15, -0.1) is 10.2 Å². The molecule has 1 saturated carbocycles. The van der Waals surface area contributed by atoms with Crippen LogP contribution in [0.1, 0.15) is 18.9 Å². The molecule has 48 valence electrons. The SMILES string of the molecule is Nc1nncn1C1CC1. The summed E-state index contributed by atoms with van der Waals surface area (Å²) in [4.78, 5) is 0. The third kappa shape index (κ3) is 0.667. The Morgan fingerprint density at radius 1 is 1.67 bits per heavy atom. The monoisotopic (exact) mass is 124 g/mol. The molecule has 1 aromatic rings. The van der Waals surface area contributed by atoms with Crippen LogP contribution in [0, 0.1) is 0 Å². The van der Waals surface area contributed by atoms with Gasteiger partial charge < -0.3 is 5.73 Å². The van der Waals surface area contributed by atoms with Crippen LogP contribution in [-0.4, -0.2) is 14.8 Å². The minimum absolute atomic E-state index is 0.539. The molecular formula is C5H8N4. The van der Waals surface area contributed by atoms with E-state index in [-0.39, 0.29) is 0 Å². The van der Waals surface area contributed by atoms with E-state index in [1.807, 2.05) is 4.57 Å². The number of nitrogen functional groups attached to an aromatic ring is 1. The van der Waals surface area contributed by atoms with Gasteiger partial charge in [-0.2, -0.15) is 0 Å². The summed E-state index contributed by atoms with van der Waals surface area (Å²) in [5, 5.41) is 7.34. The van der Waals surface area contributed by atoms with Gasteiger partial charge in [-0.05, 0) is 12.8 Å². The number of nitrogens with two attached hydrogens (primary N) is 1. The molecule has 0 spiro atoms. The highest BCUT2D eigenvalue weighted by atomic mass is 15.3. The molecule has 4 nitrogen and oxygen atoms in total. The fraction of sp³-hybridized carbons (Fsp3) is 0.600. The van der Waals surface area contributed by atoms with E-state index in [0.29, 0.717) is 12.0 Å². The Bertz CT molecular complexity index is 212. The first-order valence-electron chi connectivity index (χ1n) is 3.03. The van der Waals surface area contributed by atoms with Gasteiger partial charge in [0.05, 0.1) is 0 Å². The van der Waals surface area contributed by atoms with E-state index in [1.54, 1.807) is 6.33 Å². The number of hydrogen-bond acceptors (Lipinski definition) is 3. The number of aromatic nitrogens is 3. The standard InChI is InChI=1S/C5H8N4/c6-5-8-7-3-9(5)4-1-2-4/h3-4H,1-2H2,(H2,6,8). The van der Waals surface area contributed by atoms with Gasteiger partial charge in [0.1, 0.15) is 6.33 Å². The molecule has 0 saturated heterocycles. The van der Waals surface area contributed by atoms with E-state index in [9.17, 15) is 0 Å². The molecule has 1 heterocycles. The van der Waals surface area contributed by atoms with Crippen molar-refractivity contribution in [2.45, 2.75) is 18.9 Å². The highest BCUT2D eigenvalue weighted by Crippen LogP contribution is 2.35. The van der Waals surface area contributed by atoms with Crippen LogP contribution in [0.25, 0.3) is 0 Å². The summed E-state index contributed by atoms with van der Waals surface area (Å²) in [7, 11) is 0. The maximum atomic E-state index is 5.47. The molecule has 0 aliphatic heterocycles. The zero-order valence-electron chi connectivity index (χ0n) is 4.99. The largest absolute Gasteiger partial charge is 0.368 e. The van der Waals surface area contributed by atoms with E-state index in [4.69, 9.17) is 5.73 Å². The van der Waals surface area contributed by atoms with Gasteiger partial charge in [0.2, 0.25) is 5.95 Å². The van der Waals surface area contributed by atoms with Crippen LogP contribution in [0.5, 0.6) is 0 Å². The Kier molecular flexibility index (Phi) is 0.777. The van der Waals surface area contributed by atoms with E-state index < -0.39 is 0 Å². The molecule has 1 aromatic heterocycles. The first-order chi connectivity index (χ1) is 4.38. The molecule has 2 rings (SSSR count). The molecule has 1 aliphatic rings. The van der Waals surface area contributed by atoms with E-state index in [0.717, 1.165) is 0 Å². The van der Waals surface area contributed by atoms with Crippen LogP contribution in [0.3, 0.4) is 0 Å². The van der Waals surface area contributed by atoms with Gasteiger partial charge >= 0.3 is 0 Å². The topological polar surface area (TPSA) is 56.7 Å². The maximum absolute atomic E-state index is 5.47. The molecule has 1 aliphatic carbocycles. The second-order valence-electron chi connectivity index (χ2n) is 2.33. The van der Waals surface area contributed by atoms with Crippen LogP contribution in [0.2, 0.25) is 0 Å². The zero-order chi connectivity index (χ0) is 6.27. The lowest BCUT2D eigenvalue weighted by Gasteiger charge is -1.95. The predicted molar refractivity (Wildman–Crippen MR) is 32.7 cm³/mol. The summed E-state index contributed by atoms with van der Waals surface area (Å²) in [6.45, 7) is 0. The van der Waals surface area contributed by atoms with Crippen LogP contribution in [0.4, 0.5) is 5.95 Å². The van der Waals surface area contributed by atoms with Crippen molar-refractivity contribution in [1.29, 1.82) is 0 Å². The number of nitrogens with zero attached hydrogens (tertiary/aromatic N) is 3. The summed E-state index contributed by atoms with van der Waals surface area (Å²) in [5.74, 6) is 0.539. The summed E-state index contributed by atoms with van der Waals surface area (Å²) in [6.07, 6.45) is 4.14. The van der Waals surface area contributed by atoms with Crippen molar-refractivity contribution in [3.8, 4) is 0 Å². The van der Waals surface area contributed by atoms with Gasteiger partial charge in [-0.1, -0.05) is 0 Å². The summed E-state index contributed by atoms with van der Waals surface area (Å²) in [6, 6.07) is 0.597. The van der Waals surface area contributed by atoms with Crippen LogP contribution in [0.15, 0.2) is 6.33 Å². The molecule has 1 fully saturated rings. The van der Waals surface area contributed by atoms with Crippen molar-refractivity contribution >= 4 is 5.95 Å². The van der Waals surface area contributed by atoms with Gasteiger partial charge in [0.25, 0.3) is 0 Å². The Morgan fingerprint density at radius 2 is 2.44 bits per heavy atom. The maximum Gasteiger partial charge on any atom is 0.222 e. The van der Waals surface area contributed by atoms with Crippen molar-refractivity contribution in [1.82, 2.24) is 14.8 Å². The fourth-order valence-corrected chi connectivity index (χ4v) is 0.885. The Hall–Kier alpha value is -1.06. The molecule has 0 aromatic carbocycles. The fourth-order valence-electron chi connectivity index (χ4n) is 0.885. The molecule has 9 heavy (non-hydrogen) atoms. The first-order valence-corrected chi connectivity index (χ1v) is 3.03. The summed E-state index contributed by atoms with van der Waals surface area (Å²) < 4.78 is 1.92. The van der Waals surface area contributed by atoms with Gasteiger partial charge in [0, 0.05) is 6.04 Å². The number of hydrogen-bond donors (Lipinski definition) is 1. The van der Waals surface area contributed by atoms with E-state index in [2.05, 4.69) is 10.2 Å². The molecule has 0 atom stereocenters. The molecule has 0 amide bonds. The first kappa shape index (κ1) is 4.78. The van der Waals surface area contributed by atoms with Gasteiger partial charge in [-0.25, -0.2) is 0 Å². The van der Waals surface area contributed by atoms with Crippen molar-refractivity contribution < 1.29 is 0 Å². The highest BCUT2D eigenvalue weighted by Gasteiger charge is 2.24. The third-order valence-corrected chi connectivity index (χ3v) is 1.54. The van der Waals surface area contributed by atoms with Crippen molar-refractivity contribution in [3.05, 3.63) is 6.33 Å². The number of rotatable bonds is 1. The average molecular weight is 124 g/mol. The van der Waals surface area contributed by atoms with Crippen molar-refractivity contribution in [2.75, 3.05) is 5.73 Å². The number of anilines is 1. The lowest BCUT2D eigenvalue weighted by Crippen LogP contribution is -1.98. The van der Waals surface area contributed by atoms with Crippen LogP contribution in [-0.2, 0) is 0 Å². The smallest absolute Gasteiger partial charge is 0.222 e. The Balaban J connectivity index is 2.35. The van der Waals surface area contributed by atoms with Gasteiger partial charge in [0.15, 0.2) is 0 Å². The minimum Gasteiger partial charge on any atom is -0.368 e. The lowest BCUT2D eigenvalue weighted by atomic mass is 10.7. The van der Waals surface area contributed by atoms with E-state index >= 15 is 0 Å². The summed E-state index contributed by atoms with van der Waals surface area (Å²) in [5.41, 5.74) is 5.47. The molecule has 0 unspecified atom stereocenters. The predicted octanol–water partition coefficient (Wildman–Crippen LogP) is 0.195. The van der Waals surface area contributed by atoms with Gasteiger partial charge in [-0.3, -0.25) is 4.57 Å². The molecular weight excluding hydrogens is 116 g/mol. The summed E-state index contributed by atoms with van der Waals surface area (Å²) >= 11 is 0. The van der Waals surface area contributed by atoms with Crippen molar-refractivity contribution in [2.24, 2.45) is 0 Å². The zero-order valence-corrected chi connectivity index (χ0v) is 4.99. The Morgan fingerprint density at radius 3 is 2.89 bits per heavy atom. The molecule has 0 bridgehead atoms. The molecule has 2 N–H and O–H groups in total. The van der Waals surface area contributed by atoms with Crippen LogP contribution < -0.4 is 5.73 Å². The van der Waals surface area contributed by atoms with Crippen LogP contribution >= 0.6 is 0 Å². The quantitative estimate of drug-likeness (QED) is 0.581. The van der Waals surface area contributed by atoms with Crippen molar-refractivity contribution in [3.63, 3.8) is 0 Å². The second-order valence-corrected chi connectivity index (χ2v) is 2.33. The lowest BCUT2D eigenvalue weighted by molar-refractivity contribution is 0.749. The van der Waals surface area contributed by atoms with E-state index in [1.165, 1.54) is 12.8 Å². The Labute approximate surface area is 52.7 Å². The molecule has 0 radical (unpaired) electrons. The average Bonchev–Trinajstić information content (AvgIpc) is 2.58. The third-order valence-electron chi connectivity index (χ3n) is 1.54. The highest BCUT2D eigenvalue weighted by molar-refractivity contribution is 5.16. The molecule has 4 heteroatoms.